The van der Waals surface area contributed by atoms with Gasteiger partial charge in [-0.05, 0) is 25.0 Å². The molecule has 122 valence electrons. The summed E-state index contributed by atoms with van der Waals surface area (Å²) in [6.45, 7) is 1.64. The molecule has 23 heavy (non-hydrogen) atoms. The SMILES string of the molecule is O=C(NCc1cn(CC2(O)CCCOC2)nn1)c1ccccc1. The van der Waals surface area contributed by atoms with Gasteiger partial charge >= 0.3 is 0 Å². The molecule has 7 nitrogen and oxygen atoms in total. The fraction of sp³-hybridized carbons (Fsp3) is 0.438. The molecule has 1 aromatic carbocycles. The Morgan fingerprint density at radius 1 is 1.39 bits per heavy atom. The van der Waals surface area contributed by atoms with Gasteiger partial charge in [0.05, 0.1) is 25.9 Å². The number of carbonyl (C=O) groups is 1. The summed E-state index contributed by atoms with van der Waals surface area (Å²) in [7, 11) is 0. The van der Waals surface area contributed by atoms with Crippen molar-refractivity contribution in [2.24, 2.45) is 0 Å². The summed E-state index contributed by atoms with van der Waals surface area (Å²) >= 11 is 0. The summed E-state index contributed by atoms with van der Waals surface area (Å²) in [5, 5.41) is 21.2. The summed E-state index contributed by atoms with van der Waals surface area (Å²) in [6.07, 6.45) is 3.26. The number of benzene rings is 1. The normalized spacial score (nSPS) is 21.1. The van der Waals surface area contributed by atoms with Gasteiger partial charge in [-0.2, -0.15) is 0 Å². The van der Waals surface area contributed by atoms with Gasteiger partial charge in [0, 0.05) is 12.2 Å². The predicted molar refractivity (Wildman–Crippen MR) is 82.6 cm³/mol. The molecular weight excluding hydrogens is 296 g/mol. The Labute approximate surface area is 134 Å². The highest BCUT2D eigenvalue weighted by molar-refractivity contribution is 5.93. The van der Waals surface area contributed by atoms with Crippen LogP contribution in [0, 0.1) is 0 Å². The number of hydrogen-bond donors (Lipinski definition) is 2. The smallest absolute Gasteiger partial charge is 0.251 e. The Hall–Kier alpha value is -2.25. The minimum absolute atomic E-state index is 0.153. The van der Waals surface area contributed by atoms with Crippen molar-refractivity contribution in [3.05, 3.63) is 47.8 Å². The quantitative estimate of drug-likeness (QED) is 0.849. The molecule has 0 bridgehead atoms. The zero-order valence-corrected chi connectivity index (χ0v) is 12.8. The number of aliphatic hydroxyl groups is 1. The van der Waals surface area contributed by atoms with E-state index in [2.05, 4.69) is 15.6 Å². The molecule has 3 rings (SSSR count). The van der Waals surface area contributed by atoms with E-state index in [-0.39, 0.29) is 5.91 Å². The van der Waals surface area contributed by atoms with Gasteiger partial charge < -0.3 is 15.2 Å². The first-order chi connectivity index (χ1) is 11.1. The Bertz CT molecular complexity index is 650. The van der Waals surface area contributed by atoms with Gasteiger partial charge in [0.2, 0.25) is 0 Å². The molecule has 1 amide bonds. The number of ether oxygens (including phenoxy) is 1. The van der Waals surface area contributed by atoms with Gasteiger partial charge in [-0.15, -0.1) is 5.10 Å². The van der Waals surface area contributed by atoms with Crippen LogP contribution in [-0.4, -0.2) is 44.8 Å². The second kappa shape index (κ2) is 6.89. The van der Waals surface area contributed by atoms with Crippen molar-refractivity contribution in [3.8, 4) is 0 Å². The first-order valence-corrected chi connectivity index (χ1v) is 7.67. The third-order valence-electron chi connectivity index (χ3n) is 3.81. The molecule has 0 aliphatic carbocycles. The molecule has 1 atom stereocenters. The van der Waals surface area contributed by atoms with E-state index < -0.39 is 5.60 Å². The molecule has 0 radical (unpaired) electrons. The number of amides is 1. The summed E-state index contributed by atoms with van der Waals surface area (Å²) < 4.78 is 6.92. The second-order valence-corrected chi connectivity index (χ2v) is 5.84. The van der Waals surface area contributed by atoms with Crippen LogP contribution in [0.5, 0.6) is 0 Å². The third-order valence-corrected chi connectivity index (χ3v) is 3.81. The van der Waals surface area contributed by atoms with Crippen molar-refractivity contribution >= 4 is 5.91 Å². The van der Waals surface area contributed by atoms with E-state index in [0.29, 0.717) is 44.0 Å². The predicted octanol–water partition coefficient (Wildman–Crippen LogP) is 0.750. The number of hydrogen-bond acceptors (Lipinski definition) is 5. The Morgan fingerprint density at radius 3 is 2.96 bits per heavy atom. The molecule has 2 aromatic rings. The molecule has 0 saturated carbocycles. The van der Waals surface area contributed by atoms with Crippen LogP contribution in [0.4, 0.5) is 0 Å². The first kappa shape index (κ1) is 15.6. The van der Waals surface area contributed by atoms with Crippen LogP contribution in [0.2, 0.25) is 0 Å². The number of nitrogens with one attached hydrogen (secondary N) is 1. The number of carbonyl (C=O) groups excluding carboxylic acids is 1. The van der Waals surface area contributed by atoms with Crippen LogP contribution in [0.15, 0.2) is 36.5 Å². The molecule has 2 heterocycles. The molecule has 2 N–H and O–H groups in total. The van der Waals surface area contributed by atoms with Gasteiger partial charge in [-0.25, -0.2) is 4.68 Å². The maximum atomic E-state index is 12.0. The van der Waals surface area contributed by atoms with Crippen LogP contribution in [-0.2, 0) is 17.8 Å². The fourth-order valence-corrected chi connectivity index (χ4v) is 2.62. The van der Waals surface area contributed by atoms with E-state index in [1.165, 1.54) is 0 Å². The Morgan fingerprint density at radius 2 is 2.22 bits per heavy atom. The maximum Gasteiger partial charge on any atom is 0.251 e. The van der Waals surface area contributed by atoms with E-state index in [0.717, 1.165) is 6.42 Å². The molecular formula is C16H20N4O3. The number of rotatable bonds is 5. The van der Waals surface area contributed by atoms with E-state index in [9.17, 15) is 9.90 Å². The number of aromatic nitrogens is 3. The highest BCUT2D eigenvalue weighted by Gasteiger charge is 2.31. The average Bonchev–Trinajstić information content (AvgIpc) is 3.01. The largest absolute Gasteiger partial charge is 0.386 e. The van der Waals surface area contributed by atoms with E-state index in [1.54, 1.807) is 23.0 Å². The van der Waals surface area contributed by atoms with Crippen LogP contribution in [0.3, 0.4) is 0 Å². The van der Waals surface area contributed by atoms with Gasteiger partial charge in [0.25, 0.3) is 5.91 Å². The molecule has 1 fully saturated rings. The lowest BCUT2D eigenvalue weighted by molar-refractivity contribution is -0.0960. The fourth-order valence-electron chi connectivity index (χ4n) is 2.62. The van der Waals surface area contributed by atoms with Crippen molar-refractivity contribution < 1.29 is 14.6 Å². The molecule has 1 aliphatic rings. The van der Waals surface area contributed by atoms with Gasteiger partial charge in [0.15, 0.2) is 0 Å². The van der Waals surface area contributed by atoms with E-state index in [4.69, 9.17) is 4.74 Å². The van der Waals surface area contributed by atoms with E-state index in [1.807, 2.05) is 18.2 Å². The van der Waals surface area contributed by atoms with Crippen LogP contribution >= 0.6 is 0 Å². The van der Waals surface area contributed by atoms with Crippen LogP contribution in [0.1, 0.15) is 28.9 Å². The lowest BCUT2D eigenvalue weighted by Crippen LogP contribution is -2.42. The Balaban J connectivity index is 1.54. The molecule has 0 spiro atoms. The molecule has 7 heteroatoms. The lowest BCUT2D eigenvalue weighted by Gasteiger charge is -2.31. The van der Waals surface area contributed by atoms with E-state index >= 15 is 0 Å². The molecule has 1 aromatic heterocycles. The monoisotopic (exact) mass is 316 g/mol. The lowest BCUT2D eigenvalue weighted by atomic mass is 9.97. The highest BCUT2D eigenvalue weighted by Crippen LogP contribution is 2.20. The Kier molecular flexibility index (Phi) is 4.68. The zero-order chi connectivity index (χ0) is 16.1. The number of nitrogens with zero attached hydrogens (tertiary/aromatic N) is 3. The molecule has 1 saturated heterocycles. The van der Waals surface area contributed by atoms with Crippen molar-refractivity contribution in [1.82, 2.24) is 20.3 Å². The van der Waals surface area contributed by atoms with Gasteiger partial charge in [-0.1, -0.05) is 23.4 Å². The van der Waals surface area contributed by atoms with Crippen molar-refractivity contribution in [2.75, 3.05) is 13.2 Å². The highest BCUT2D eigenvalue weighted by atomic mass is 16.5. The minimum Gasteiger partial charge on any atom is -0.386 e. The van der Waals surface area contributed by atoms with Gasteiger partial charge in [0.1, 0.15) is 11.3 Å². The standard InChI is InChI=1S/C16H20N4O3/c21-15(13-5-2-1-3-6-13)17-9-14-10-20(19-18-14)11-16(22)7-4-8-23-12-16/h1-3,5-6,10,22H,4,7-9,11-12H2,(H,17,21). The third kappa shape index (κ3) is 4.14. The summed E-state index contributed by atoms with van der Waals surface area (Å²) in [5.41, 5.74) is 0.361. The van der Waals surface area contributed by atoms with Crippen LogP contribution in [0.25, 0.3) is 0 Å². The summed E-state index contributed by atoms with van der Waals surface area (Å²) in [5.74, 6) is -0.153. The van der Waals surface area contributed by atoms with Gasteiger partial charge in [-0.3, -0.25) is 4.79 Å². The average molecular weight is 316 g/mol. The first-order valence-electron chi connectivity index (χ1n) is 7.67. The van der Waals surface area contributed by atoms with Crippen LogP contribution < -0.4 is 5.32 Å². The second-order valence-electron chi connectivity index (χ2n) is 5.84. The van der Waals surface area contributed by atoms with Crippen molar-refractivity contribution in [3.63, 3.8) is 0 Å². The molecule has 1 aliphatic heterocycles. The molecule has 1 unspecified atom stereocenters. The summed E-state index contributed by atoms with van der Waals surface area (Å²) in [4.78, 5) is 12.0. The maximum absolute atomic E-state index is 12.0. The summed E-state index contributed by atoms with van der Waals surface area (Å²) in [6, 6.07) is 9.01. The topological polar surface area (TPSA) is 89.3 Å². The zero-order valence-electron chi connectivity index (χ0n) is 12.8. The minimum atomic E-state index is -0.892. The van der Waals surface area contributed by atoms with Crippen molar-refractivity contribution in [1.29, 1.82) is 0 Å². The van der Waals surface area contributed by atoms with Crippen molar-refractivity contribution in [2.45, 2.75) is 31.5 Å².